The van der Waals surface area contributed by atoms with Crippen LogP contribution in [0.15, 0.2) is 46.1 Å². The van der Waals surface area contributed by atoms with Gasteiger partial charge >= 0.3 is 11.9 Å². The van der Waals surface area contributed by atoms with E-state index in [-0.39, 0.29) is 61.6 Å². The molecule has 3 saturated heterocycles. The van der Waals surface area contributed by atoms with Crippen molar-refractivity contribution < 1.29 is 53.4 Å². The Kier molecular flexibility index (Phi) is 15.0. The molecule has 17 heteroatoms. The zero-order valence-corrected chi connectivity index (χ0v) is 43.5. The first-order chi connectivity index (χ1) is 33.6. The van der Waals surface area contributed by atoms with E-state index in [1.807, 2.05) is 33.8 Å². The number of phenols is 2. The molecule has 7 aliphatic rings. The minimum absolute atomic E-state index is 0.0167. The predicted octanol–water partition coefficient (Wildman–Crippen LogP) is 6.15. The van der Waals surface area contributed by atoms with Gasteiger partial charge in [-0.15, -0.1) is 0 Å². The van der Waals surface area contributed by atoms with E-state index in [4.69, 9.17) is 33.7 Å². The first-order valence-corrected chi connectivity index (χ1v) is 25.6. The van der Waals surface area contributed by atoms with Crippen LogP contribution in [-0.4, -0.2) is 150 Å². The van der Waals surface area contributed by atoms with Crippen LogP contribution in [0.5, 0.6) is 17.2 Å². The number of methoxy groups -OCH3 is 1. The van der Waals surface area contributed by atoms with Crippen molar-refractivity contribution in [3.8, 4) is 17.2 Å². The van der Waals surface area contributed by atoms with Crippen molar-refractivity contribution in [2.45, 2.75) is 130 Å². The summed E-state index contributed by atoms with van der Waals surface area (Å²) in [7, 11) is 3.62. The summed E-state index contributed by atoms with van der Waals surface area (Å²) in [5, 5.41) is 39.7. The second-order valence-electron chi connectivity index (χ2n) is 22.0. The van der Waals surface area contributed by atoms with Gasteiger partial charge in [-0.25, -0.2) is 4.79 Å². The monoisotopic (exact) mass is 985 g/mol. The molecule has 4 N–H and O–H groups in total. The average molecular weight is 985 g/mol. The van der Waals surface area contributed by atoms with Crippen LogP contribution < -0.4 is 20.8 Å². The van der Waals surface area contributed by atoms with Gasteiger partial charge in [0.1, 0.15) is 28.6 Å². The summed E-state index contributed by atoms with van der Waals surface area (Å²) in [6, 6.07) is 0. The summed E-state index contributed by atoms with van der Waals surface area (Å²) in [6.07, 6.45) is 8.74. The highest BCUT2D eigenvalue weighted by Crippen LogP contribution is 2.50. The molecule has 388 valence electrons. The lowest BCUT2D eigenvalue weighted by Gasteiger charge is -2.47. The number of aromatic hydroxyl groups is 2. The SMILES string of the molecule is CO[C@H]1/C=C/O[C@@]2(C)Oc3c(C)c(O)c4c(O)c(c5c(c4c3C2=O)=NC2(CCN(CC(C)C)CC2)N=5)NC(=O)/C(C)=C\C=C\[C@H](C)C[C@@H](C)[C@@H](O)[C@@H](C)[C@H](OC(=O)N2CCOC3(CCN(C)CC3)C2)[C@@H]1C. The van der Waals surface area contributed by atoms with Gasteiger partial charge < -0.3 is 59.0 Å². The van der Waals surface area contributed by atoms with Crippen LogP contribution in [0.4, 0.5) is 10.5 Å². The zero-order valence-electron chi connectivity index (χ0n) is 43.5. The standard InChI is InChI=1S/C54H76N6O11/c1-30(2)28-59-22-18-54(19-23-59)56-41-38-39-45(62)36(8)48-40(38)49(64)52(9,71-48)68-25-15-37(67-11)34(6)47(70-51(66)60-24-26-69-53(29-60)16-20-58(10)21-17-53)35(7)44(61)33(5)27-31(3)13-12-14-32(4)50(65)55-43(46(39)63)42(41)57-54/h12-15,25,30-31,33-35,37,44,47,61-63H,16-24,26-29H2,1-11H3,(H,55,65)/b13-12+,25-15+,32-14-/t31-,33+,34+,35+,37-,44+,47+,52-/m0/s1. The van der Waals surface area contributed by atoms with Crippen LogP contribution in [0.25, 0.3) is 10.8 Å². The number of hydrogen-bond acceptors (Lipinski definition) is 15. The third-order valence-corrected chi connectivity index (χ3v) is 16.0. The Balaban J connectivity index is 1.19. The van der Waals surface area contributed by atoms with Crippen molar-refractivity contribution in [3.63, 3.8) is 0 Å². The maximum atomic E-state index is 15.0. The topological polar surface area (TPSA) is 205 Å². The molecule has 17 nitrogen and oxygen atoms in total. The Hall–Kier alpha value is -5.07. The van der Waals surface area contributed by atoms with Gasteiger partial charge in [-0.3, -0.25) is 19.6 Å². The second-order valence-corrected chi connectivity index (χ2v) is 22.0. The number of fused-ring (bicyclic) bond motifs is 13. The molecule has 0 radical (unpaired) electrons. The Morgan fingerprint density at radius 3 is 2.31 bits per heavy atom. The molecule has 2 aromatic rings. The molecule has 7 heterocycles. The third-order valence-electron chi connectivity index (χ3n) is 16.0. The summed E-state index contributed by atoms with van der Waals surface area (Å²) in [5.41, 5.74) is -0.849. The summed E-state index contributed by atoms with van der Waals surface area (Å²) >= 11 is 0. The number of phenolic OH excluding ortho intramolecular Hbond substituents is 2. The minimum atomic E-state index is -1.96. The van der Waals surface area contributed by atoms with Crippen LogP contribution in [0, 0.1) is 36.5 Å². The maximum absolute atomic E-state index is 15.0. The van der Waals surface area contributed by atoms with Crippen molar-refractivity contribution in [3.05, 3.63) is 58.0 Å². The van der Waals surface area contributed by atoms with Crippen LogP contribution in [0.1, 0.15) is 103 Å². The van der Waals surface area contributed by atoms with E-state index in [2.05, 4.69) is 36.0 Å². The van der Waals surface area contributed by atoms with Gasteiger partial charge in [0.15, 0.2) is 11.4 Å². The van der Waals surface area contributed by atoms with E-state index in [1.54, 1.807) is 37.0 Å². The molecule has 3 fully saturated rings. The Morgan fingerprint density at radius 2 is 1.63 bits per heavy atom. The van der Waals surface area contributed by atoms with E-state index in [0.29, 0.717) is 63.5 Å². The molecule has 71 heavy (non-hydrogen) atoms. The number of carbonyl (C=O) groups excluding carboxylic acids is 3. The molecule has 8 atom stereocenters. The molecule has 2 spiro atoms. The molecule has 7 aliphatic heterocycles. The first-order valence-electron chi connectivity index (χ1n) is 25.6. The van der Waals surface area contributed by atoms with Gasteiger partial charge in [0, 0.05) is 94.5 Å². The summed E-state index contributed by atoms with van der Waals surface area (Å²) in [6.45, 7) is 22.1. The smallest absolute Gasteiger partial charge is 0.410 e. The van der Waals surface area contributed by atoms with Gasteiger partial charge in [0.05, 0.1) is 53.5 Å². The van der Waals surface area contributed by atoms with Crippen molar-refractivity contribution in [2.75, 3.05) is 71.9 Å². The number of anilines is 1. The predicted molar refractivity (Wildman–Crippen MR) is 268 cm³/mol. The van der Waals surface area contributed by atoms with Crippen molar-refractivity contribution >= 4 is 34.2 Å². The van der Waals surface area contributed by atoms with Crippen molar-refractivity contribution in [1.29, 1.82) is 0 Å². The van der Waals surface area contributed by atoms with E-state index < -0.39 is 70.7 Å². The number of ketones is 1. The van der Waals surface area contributed by atoms with Crippen molar-refractivity contribution in [1.82, 2.24) is 14.7 Å². The van der Waals surface area contributed by atoms with Gasteiger partial charge in [-0.2, -0.15) is 0 Å². The number of piperidine rings is 2. The molecule has 5 bridgehead atoms. The maximum Gasteiger partial charge on any atom is 0.410 e. The molecular formula is C54H76N6O11. The number of benzene rings is 2. The number of ether oxygens (including phenoxy) is 5. The number of Topliss-reactive ketones (excluding diaryl/α,β-unsaturated/α-hetero) is 1. The molecule has 0 unspecified atom stereocenters. The fourth-order valence-electron chi connectivity index (χ4n) is 11.6. The molecule has 0 aliphatic carbocycles. The van der Waals surface area contributed by atoms with E-state index in [9.17, 15) is 29.7 Å². The van der Waals surface area contributed by atoms with Crippen LogP contribution in [0.2, 0.25) is 0 Å². The number of rotatable bonds is 4. The number of allylic oxidation sites excluding steroid dienone is 3. The number of carbonyl (C=O) groups is 3. The largest absolute Gasteiger partial charge is 0.507 e. The molecule has 2 amide bonds. The van der Waals surface area contributed by atoms with Gasteiger partial charge in [-0.1, -0.05) is 59.8 Å². The fourth-order valence-corrected chi connectivity index (χ4v) is 11.6. The second kappa shape index (κ2) is 20.4. The number of likely N-dealkylation sites (tertiary alicyclic amines) is 2. The Morgan fingerprint density at radius 1 is 0.944 bits per heavy atom. The summed E-state index contributed by atoms with van der Waals surface area (Å²) in [5.74, 6) is -4.70. The van der Waals surface area contributed by atoms with Crippen molar-refractivity contribution in [2.24, 2.45) is 39.6 Å². The average Bonchev–Trinajstić information content (AvgIpc) is 3.83. The minimum Gasteiger partial charge on any atom is -0.507 e. The molecular weight excluding hydrogens is 909 g/mol. The summed E-state index contributed by atoms with van der Waals surface area (Å²) in [4.78, 5) is 60.1. The lowest BCUT2D eigenvalue weighted by atomic mass is 9.79. The molecule has 9 rings (SSSR count). The van der Waals surface area contributed by atoms with Gasteiger partial charge in [0.25, 0.3) is 11.7 Å². The van der Waals surface area contributed by atoms with Gasteiger partial charge in [-0.05, 0) is 64.0 Å². The summed E-state index contributed by atoms with van der Waals surface area (Å²) < 4.78 is 31.5. The van der Waals surface area contributed by atoms with E-state index in [0.717, 1.165) is 32.5 Å². The lowest BCUT2D eigenvalue weighted by Crippen LogP contribution is -2.58. The first kappa shape index (κ1) is 52.3. The highest BCUT2D eigenvalue weighted by atomic mass is 16.7. The Labute approximate surface area is 417 Å². The molecule has 2 aromatic carbocycles. The Bertz CT molecular complexity index is 2610. The number of morpholine rings is 1. The zero-order chi connectivity index (χ0) is 51.3. The number of aliphatic hydroxyl groups excluding tert-OH is 1. The lowest BCUT2D eigenvalue weighted by molar-refractivity contribution is -0.135. The number of amides is 2. The van der Waals surface area contributed by atoms with Crippen LogP contribution in [-0.2, 0) is 23.7 Å². The number of nitrogens with zero attached hydrogens (tertiary/aromatic N) is 5. The quantitative estimate of drug-likeness (QED) is 0.254. The highest BCUT2D eigenvalue weighted by Gasteiger charge is 2.50. The fraction of sp³-hybridized carbons (Fsp3) is 0.648. The normalized spacial score (nSPS) is 32.2. The molecule has 0 aromatic heterocycles. The number of hydrogen-bond donors (Lipinski definition) is 4. The third kappa shape index (κ3) is 10.2. The highest BCUT2D eigenvalue weighted by molar-refractivity contribution is 6.19. The number of nitrogens with one attached hydrogen (secondary N) is 1. The number of aliphatic hydroxyl groups is 1. The molecule has 0 saturated carbocycles. The van der Waals surface area contributed by atoms with E-state index in [1.165, 1.54) is 20.3 Å². The van der Waals surface area contributed by atoms with Crippen LogP contribution in [0.3, 0.4) is 0 Å². The van der Waals surface area contributed by atoms with Gasteiger partial charge in [0.2, 0.25) is 0 Å². The van der Waals surface area contributed by atoms with Crippen LogP contribution >= 0.6 is 0 Å². The van der Waals surface area contributed by atoms with E-state index >= 15 is 0 Å².